The summed E-state index contributed by atoms with van der Waals surface area (Å²) < 4.78 is 58.8. The molecule has 2 aromatic rings. The minimum Gasteiger partial charge on any atom is -0.477 e. The van der Waals surface area contributed by atoms with Crippen molar-refractivity contribution in [1.82, 2.24) is 4.57 Å². The zero-order chi connectivity index (χ0) is 21.1. The van der Waals surface area contributed by atoms with Gasteiger partial charge in [0.2, 0.25) is 5.43 Å². The van der Waals surface area contributed by atoms with E-state index in [1.165, 1.54) is 9.47 Å². The van der Waals surface area contributed by atoms with Gasteiger partial charge >= 0.3 is 12.1 Å². The highest BCUT2D eigenvalue weighted by Crippen LogP contribution is 2.46. The molecule has 1 saturated heterocycles. The van der Waals surface area contributed by atoms with E-state index < -0.39 is 51.1 Å². The number of hydrogen-bond donors (Lipinski definition) is 2. The fraction of sp³-hybridized carbons (Fsp3) is 0.474. The Morgan fingerprint density at radius 3 is 2.48 bits per heavy atom. The molecule has 0 bridgehead atoms. The van der Waals surface area contributed by atoms with Crippen LogP contribution in [0.1, 0.15) is 41.2 Å². The van der Waals surface area contributed by atoms with E-state index in [9.17, 15) is 32.3 Å². The number of nitrogens with zero attached hydrogens (tertiary/aromatic N) is 2. The molecule has 1 aliphatic heterocycles. The Hall–Kier alpha value is -2.62. The number of carboxylic acid groups (broad SMARTS) is 1. The maximum absolute atomic E-state index is 15.0. The lowest BCUT2D eigenvalue weighted by molar-refractivity contribution is -0.136. The third kappa shape index (κ3) is 3.25. The van der Waals surface area contributed by atoms with Crippen molar-refractivity contribution in [3.05, 3.63) is 39.4 Å². The van der Waals surface area contributed by atoms with E-state index in [0.717, 1.165) is 12.3 Å². The third-order valence-electron chi connectivity index (χ3n) is 5.63. The molecule has 0 spiro atoms. The highest BCUT2D eigenvalue weighted by Gasteiger charge is 2.43. The highest BCUT2D eigenvalue weighted by molar-refractivity contribution is 5.95. The molecular formula is C19H19F4N3O3. The number of carboxylic acids is 1. The average molecular weight is 413 g/mol. The molecule has 1 aromatic carbocycles. The van der Waals surface area contributed by atoms with Crippen molar-refractivity contribution in [1.29, 1.82) is 0 Å². The molecule has 1 aliphatic carbocycles. The SMILES string of the molecule is NCC1CCN(c2c(F)cc3c(=O)c(C(=O)O)cn(C4CC4)c3c2C(F)(F)F)C1. The van der Waals surface area contributed by atoms with Crippen LogP contribution in [0.15, 0.2) is 17.1 Å². The fourth-order valence-corrected chi connectivity index (χ4v) is 4.08. The van der Waals surface area contributed by atoms with Crippen LogP contribution in [0.25, 0.3) is 10.9 Å². The van der Waals surface area contributed by atoms with Gasteiger partial charge in [0.1, 0.15) is 16.9 Å². The topological polar surface area (TPSA) is 88.6 Å². The second-order valence-electron chi connectivity index (χ2n) is 7.63. The first kappa shape index (κ1) is 19.7. The number of rotatable bonds is 4. The summed E-state index contributed by atoms with van der Waals surface area (Å²) in [6.07, 6.45) is -2.34. The monoisotopic (exact) mass is 413 g/mol. The van der Waals surface area contributed by atoms with Crippen LogP contribution in [-0.2, 0) is 6.18 Å². The van der Waals surface area contributed by atoms with E-state index in [2.05, 4.69) is 0 Å². The number of benzene rings is 1. The maximum Gasteiger partial charge on any atom is 0.420 e. The second-order valence-corrected chi connectivity index (χ2v) is 7.63. The smallest absolute Gasteiger partial charge is 0.420 e. The molecule has 6 nitrogen and oxygen atoms in total. The normalized spacial score (nSPS) is 19.9. The zero-order valence-corrected chi connectivity index (χ0v) is 15.3. The van der Waals surface area contributed by atoms with Crippen LogP contribution in [0.3, 0.4) is 0 Å². The number of carbonyl (C=O) groups is 1. The predicted molar refractivity (Wildman–Crippen MR) is 97.8 cm³/mol. The van der Waals surface area contributed by atoms with E-state index in [1.54, 1.807) is 0 Å². The first-order valence-corrected chi connectivity index (χ1v) is 9.30. The Labute approximate surface area is 162 Å². The lowest BCUT2D eigenvalue weighted by Gasteiger charge is -2.26. The lowest BCUT2D eigenvalue weighted by atomic mass is 10.0. The van der Waals surface area contributed by atoms with E-state index in [4.69, 9.17) is 5.73 Å². The Kier molecular flexibility index (Phi) is 4.56. The molecule has 1 aromatic heterocycles. The van der Waals surface area contributed by atoms with Crippen LogP contribution in [0.4, 0.5) is 23.2 Å². The van der Waals surface area contributed by atoms with Gasteiger partial charge in [-0.3, -0.25) is 4.79 Å². The average Bonchev–Trinajstić information content (AvgIpc) is 3.37. The summed E-state index contributed by atoms with van der Waals surface area (Å²) >= 11 is 0. The molecule has 2 heterocycles. The molecule has 1 atom stereocenters. The lowest BCUT2D eigenvalue weighted by Crippen LogP contribution is -2.28. The van der Waals surface area contributed by atoms with Crippen LogP contribution in [0, 0.1) is 11.7 Å². The van der Waals surface area contributed by atoms with Crippen LogP contribution in [0.5, 0.6) is 0 Å². The number of aromatic nitrogens is 1. The predicted octanol–water partition coefficient (Wildman–Crippen LogP) is 2.98. The molecule has 156 valence electrons. The van der Waals surface area contributed by atoms with Crippen LogP contribution in [-0.4, -0.2) is 35.3 Å². The van der Waals surface area contributed by atoms with Crippen LogP contribution in [0.2, 0.25) is 0 Å². The van der Waals surface area contributed by atoms with E-state index in [-0.39, 0.29) is 31.6 Å². The summed E-state index contributed by atoms with van der Waals surface area (Å²) in [6, 6.07) is 0.384. The van der Waals surface area contributed by atoms with Crippen LogP contribution >= 0.6 is 0 Å². The van der Waals surface area contributed by atoms with Gasteiger partial charge in [0, 0.05) is 25.3 Å². The minimum absolute atomic E-state index is 0.0498. The number of hydrogen-bond acceptors (Lipinski definition) is 4. The molecule has 29 heavy (non-hydrogen) atoms. The van der Waals surface area contributed by atoms with Crippen molar-refractivity contribution in [2.75, 3.05) is 24.5 Å². The largest absolute Gasteiger partial charge is 0.477 e. The van der Waals surface area contributed by atoms with Gasteiger partial charge in [-0.2, -0.15) is 13.2 Å². The summed E-state index contributed by atoms with van der Waals surface area (Å²) in [5.41, 5.74) is 1.54. The fourth-order valence-electron chi connectivity index (χ4n) is 4.08. The van der Waals surface area contributed by atoms with Gasteiger partial charge in [-0.25, -0.2) is 9.18 Å². The molecular weight excluding hydrogens is 394 g/mol. The Balaban J connectivity index is 2.09. The molecule has 10 heteroatoms. The summed E-state index contributed by atoms with van der Waals surface area (Å²) in [5, 5.41) is 8.71. The highest BCUT2D eigenvalue weighted by atomic mass is 19.4. The molecule has 1 unspecified atom stereocenters. The van der Waals surface area contributed by atoms with Crippen LogP contribution < -0.4 is 16.1 Å². The zero-order valence-electron chi connectivity index (χ0n) is 15.3. The van der Waals surface area contributed by atoms with Gasteiger partial charge in [0.15, 0.2) is 0 Å². The van der Waals surface area contributed by atoms with Crippen molar-refractivity contribution < 1.29 is 27.5 Å². The number of nitrogens with two attached hydrogens (primary N) is 1. The molecule has 0 radical (unpaired) electrons. The Bertz CT molecular complexity index is 1060. The van der Waals surface area contributed by atoms with Crippen molar-refractivity contribution in [2.45, 2.75) is 31.5 Å². The first-order chi connectivity index (χ1) is 13.6. The second kappa shape index (κ2) is 6.72. The molecule has 4 rings (SSSR count). The number of halogens is 4. The number of pyridine rings is 1. The molecule has 3 N–H and O–H groups in total. The van der Waals surface area contributed by atoms with Gasteiger partial charge in [0.25, 0.3) is 0 Å². The first-order valence-electron chi connectivity index (χ1n) is 9.30. The van der Waals surface area contributed by atoms with Gasteiger partial charge in [0.05, 0.1) is 16.6 Å². The molecule has 0 amide bonds. The number of fused-ring (bicyclic) bond motifs is 1. The number of alkyl halides is 3. The summed E-state index contributed by atoms with van der Waals surface area (Å²) in [4.78, 5) is 25.3. The number of aromatic carboxylic acids is 1. The van der Waals surface area contributed by atoms with E-state index >= 15 is 0 Å². The van der Waals surface area contributed by atoms with Crippen molar-refractivity contribution >= 4 is 22.6 Å². The maximum atomic E-state index is 15.0. The van der Waals surface area contributed by atoms with Gasteiger partial charge in [-0.1, -0.05) is 0 Å². The quantitative estimate of drug-likeness (QED) is 0.753. The Morgan fingerprint density at radius 2 is 1.97 bits per heavy atom. The van der Waals surface area contributed by atoms with Gasteiger partial charge in [-0.05, 0) is 37.8 Å². The van der Waals surface area contributed by atoms with Gasteiger partial charge < -0.3 is 20.3 Å². The van der Waals surface area contributed by atoms with E-state index in [1.807, 2.05) is 0 Å². The van der Waals surface area contributed by atoms with Gasteiger partial charge in [-0.15, -0.1) is 0 Å². The third-order valence-corrected chi connectivity index (χ3v) is 5.63. The molecule has 2 fully saturated rings. The van der Waals surface area contributed by atoms with Crippen molar-refractivity contribution in [2.24, 2.45) is 11.7 Å². The minimum atomic E-state index is -4.94. The molecule has 2 aliphatic rings. The summed E-state index contributed by atoms with van der Waals surface area (Å²) in [5.74, 6) is -2.80. The standard InChI is InChI=1S/C19H19F4N3O3/c20-13-5-11-15(26(10-1-2-10)8-12(17(11)27)18(28)29)14(19(21,22)23)16(13)25-4-3-9(6-24)7-25/h5,8-10H,1-4,6-7,24H2,(H,28,29). The van der Waals surface area contributed by atoms with Crippen molar-refractivity contribution in [3.8, 4) is 0 Å². The Morgan fingerprint density at radius 1 is 1.28 bits per heavy atom. The number of anilines is 1. The summed E-state index contributed by atoms with van der Waals surface area (Å²) in [6.45, 7) is 0.679. The molecule has 1 saturated carbocycles. The van der Waals surface area contributed by atoms with Crippen molar-refractivity contribution in [3.63, 3.8) is 0 Å². The summed E-state index contributed by atoms with van der Waals surface area (Å²) in [7, 11) is 0. The van der Waals surface area contributed by atoms with E-state index in [0.29, 0.717) is 19.3 Å².